The van der Waals surface area contributed by atoms with Gasteiger partial charge in [-0.15, -0.1) is 10.2 Å². The van der Waals surface area contributed by atoms with E-state index in [-0.39, 0.29) is 29.1 Å². The van der Waals surface area contributed by atoms with E-state index in [0.29, 0.717) is 28.7 Å². The van der Waals surface area contributed by atoms with Crippen molar-refractivity contribution < 1.29 is 13.6 Å². The predicted octanol–water partition coefficient (Wildman–Crippen LogP) is 4.03. The molecule has 0 bridgehead atoms. The number of nitrogens with one attached hydrogen (secondary N) is 1. The SMILES string of the molecule is CN(Cc1nnc(C(=O)NCc2ccc(F)cc2)s1)Cc1c(F)cccc1Cl. The van der Waals surface area contributed by atoms with E-state index in [1.165, 1.54) is 18.2 Å². The van der Waals surface area contributed by atoms with Crippen molar-refractivity contribution in [2.75, 3.05) is 7.05 Å². The van der Waals surface area contributed by atoms with Crippen molar-refractivity contribution in [3.63, 3.8) is 0 Å². The van der Waals surface area contributed by atoms with Crippen LogP contribution in [0, 0.1) is 11.6 Å². The van der Waals surface area contributed by atoms with Crippen molar-refractivity contribution in [3.05, 3.63) is 80.3 Å². The molecular formula is C19H17ClF2N4OS. The monoisotopic (exact) mass is 422 g/mol. The van der Waals surface area contributed by atoms with Crippen LogP contribution in [-0.4, -0.2) is 28.1 Å². The van der Waals surface area contributed by atoms with Crippen LogP contribution < -0.4 is 5.32 Å². The summed E-state index contributed by atoms with van der Waals surface area (Å²) in [6.45, 7) is 0.963. The summed E-state index contributed by atoms with van der Waals surface area (Å²) in [6.07, 6.45) is 0. The first-order chi connectivity index (χ1) is 13.4. The first-order valence-corrected chi connectivity index (χ1v) is 9.58. The van der Waals surface area contributed by atoms with Gasteiger partial charge in [0.05, 0.1) is 6.54 Å². The molecule has 0 fully saturated rings. The second-order valence-electron chi connectivity index (χ2n) is 6.18. The topological polar surface area (TPSA) is 58.1 Å². The normalized spacial score (nSPS) is 11.0. The summed E-state index contributed by atoms with van der Waals surface area (Å²) in [4.78, 5) is 14.0. The molecule has 1 amide bonds. The van der Waals surface area contributed by atoms with Crippen molar-refractivity contribution in [3.8, 4) is 0 Å². The van der Waals surface area contributed by atoms with Crippen molar-refractivity contribution in [1.82, 2.24) is 20.4 Å². The summed E-state index contributed by atoms with van der Waals surface area (Å²) >= 11 is 7.21. The minimum absolute atomic E-state index is 0.231. The highest BCUT2D eigenvalue weighted by atomic mass is 35.5. The Morgan fingerprint density at radius 2 is 1.89 bits per heavy atom. The fourth-order valence-corrected chi connectivity index (χ4v) is 3.57. The maximum absolute atomic E-state index is 13.9. The summed E-state index contributed by atoms with van der Waals surface area (Å²) in [6, 6.07) is 10.4. The Hall–Kier alpha value is -2.42. The Morgan fingerprint density at radius 3 is 2.61 bits per heavy atom. The van der Waals surface area contributed by atoms with Gasteiger partial charge in [0.15, 0.2) is 0 Å². The largest absolute Gasteiger partial charge is 0.346 e. The minimum atomic E-state index is -0.363. The molecule has 1 aromatic heterocycles. The van der Waals surface area contributed by atoms with E-state index >= 15 is 0 Å². The standard InChI is InChI=1S/C19H17ClF2N4OS/c1-26(10-14-15(20)3-2-4-16(14)22)11-17-24-25-19(28-17)18(27)23-9-12-5-7-13(21)8-6-12/h2-8H,9-11H2,1H3,(H,23,27). The van der Waals surface area contributed by atoms with Gasteiger partial charge in [-0.3, -0.25) is 9.69 Å². The van der Waals surface area contributed by atoms with Crippen molar-refractivity contribution in [2.24, 2.45) is 0 Å². The van der Waals surface area contributed by atoms with Crippen molar-refractivity contribution in [2.45, 2.75) is 19.6 Å². The number of rotatable bonds is 7. The van der Waals surface area contributed by atoms with E-state index in [0.717, 1.165) is 16.9 Å². The Balaban J connectivity index is 1.55. The zero-order chi connectivity index (χ0) is 20.1. The molecule has 0 atom stereocenters. The maximum Gasteiger partial charge on any atom is 0.282 e. The molecule has 1 N–H and O–H groups in total. The van der Waals surface area contributed by atoms with Crippen LogP contribution in [-0.2, 0) is 19.6 Å². The van der Waals surface area contributed by atoms with Gasteiger partial charge in [-0.25, -0.2) is 8.78 Å². The number of hydrogen-bond acceptors (Lipinski definition) is 5. The lowest BCUT2D eigenvalue weighted by Crippen LogP contribution is -2.22. The zero-order valence-electron chi connectivity index (χ0n) is 15.0. The number of hydrogen-bond donors (Lipinski definition) is 1. The highest BCUT2D eigenvalue weighted by Gasteiger charge is 2.15. The van der Waals surface area contributed by atoms with E-state index in [1.54, 1.807) is 31.3 Å². The number of nitrogens with zero attached hydrogens (tertiary/aromatic N) is 3. The predicted molar refractivity (Wildman–Crippen MR) is 104 cm³/mol. The number of aromatic nitrogens is 2. The summed E-state index contributed by atoms with van der Waals surface area (Å²) in [5.74, 6) is -1.05. The lowest BCUT2D eigenvalue weighted by atomic mass is 10.2. The minimum Gasteiger partial charge on any atom is -0.346 e. The molecule has 0 saturated heterocycles. The average Bonchev–Trinajstić information content (AvgIpc) is 3.12. The van der Waals surface area contributed by atoms with E-state index in [1.807, 2.05) is 4.90 Å². The van der Waals surface area contributed by atoms with E-state index in [4.69, 9.17) is 11.6 Å². The molecule has 3 rings (SSSR count). The van der Waals surface area contributed by atoms with Gasteiger partial charge in [0, 0.05) is 23.7 Å². The van der Waals surface area contributed by atoms with Gasteiger partial charge in [-0.1, -0.05) is 41.1 Å². The lowest BCUT2D eigenvalue weighted by Gasteiger charge is -2.16. The highest BCUT2D eigenvalue weighted by molar-refractivity contribution is 7.13. The Labute approximate surface area is 170 Å². The first-order valence-electron chi connectivity index (χ1n) is 8.39. The molecule has 146 valence electrons. The van der Waals surface area contributed by atoms with E-state index < -0.39 is 0 Å². The summed E-state index contributed by atoms with van der Waals surface area (Å²) in [5.41, 5.74) is 1.19. The molecule has 2 aromatic carbocycles. The number of amides is 1. The Morgan fingerprint density at radius 1 is 1.14 bits per heavy atom. The van der Waals surface area contributed by atoms with Gasteiger partial charge in [0.25, 0.3) is 5.91 Å². The van der Waals surface area contributed by atoms with Gasteiger partial charge >= 0.3 is 0 Å². The van der Waals surface area contributed by atoms with Gasteiger partial charge in [-0.2, -0.15) is 0 Å². The molecule has 1 heterocycles. The molecule has 28 heavy (non-hydrogen) atoms. The first kappa shape index (κ1) is 20.3. The van der Waals surface area contributed by atoms with Gasteiger partial charge in [-0.05, 0) is 36.9 Å². The summed E-state index contributed by atoms with van der Waals surface area (Å²) in [7, 11) is 1.80. The van der Waals surface area contributed by atoms with Crippen LogP contribution in [0.3, 0.4) is 0 Å². The fourth-order valence-electron chi connectivity index (χ4n) is 2.51. The van der Waals surface area contributed by atoms with Gasteiger partial charge < -0.3 is 5.32 Å². The molecule has 0 spiro atoms. The molecule has 0 aliphatic heterocycles. The molecule has 3 aromatic rings. The third-order valence-electron chi connectivity index (χ3n) is 3.92. The maximum atomic E-state index is 13.9. The average molecular weight is 423 g/mol. The quantitative estimate of drug-likeness (QED) is 0.624. The zero-order valence-corrected chi connectivity index (χ0v) is 16.5. The van der Waals surface area contributed by atoms with Crippen molar-refractivity contribution in [1.29, 1.82) is 0 Å². The lowest BCUT2D eigenvalue weighted by molar-refractivity contribution is 0.0950. The van der Waals surface area contributed by atoms with E-state index in [2.05, 4.69) is 15.5 Å². The third-order valence-corrected chi connectivity index (χ3v) is 5.18. The van der Waals surface area contributed by atoms with Gasteiger partial charge in [0.1, 0.15) is 16.6 Å². The highest BCUT2D eigenvalue weighted by Crippen LogP contribution is 2.21. The smallest absolute Gasteiger partial charge is 0.282 e. The Kier molecular flexibility index (Phi) is 6.66. The fraction of sp³-hybridized carbons (Fsp3) is 0.211. The molecule has 0 aliphatic carbocycles. The molecule has 9 heteroatoms. The number of carbonyl (C=O) groups excluding carboxylic acids is 1. The van der Waals surface area contributed by atoms with Crippen LogP contribution in [0.1, 0.15) is 25.9 Å². The van der Waals surface area contributed by atoms with E-state index in [9.17, 15) is 13.6 Å². The number of carbonyl (C=O) groups is 1. The molecule has 0 unspecified atom stereocenters. The van der Waals surface area contributed by atoms with Crippen molar-refractivity contribution >= 4 is 28.8 Å². The van der Waals surface area contributed by atoms with Crippen LogP contribution in [0.25, 0.3) is 0 Å². The summed E-state index contributed by atoms with van der Waals surface area (Å²) in [5, 5.41) is 11.9. The molecular weight excluding hydrogens is 406 g/mol. The molecule has 0 radical (unpaired) electrons. The second kappa shape index (κ2) is 9.18. The van der Waals surface area contributed by atoms with Crippen LogP contribution >= 0.6 is 22.9 Å². The summed E-state index contributed by atoms with van der Waals surface area (Å²) < 4.78 is 26.8. The molecule has 5 nitrogen and oxygen atoms in total. The third kappa shape index (κ3) is 5.31. The van der Waals surface area contributed by atoms with Crippen LogP contribution in [0.4, 0.5) is 8.78 Å². The number of halogens is 3. The van der Waals surface area contributed by atoms with Gasteiger partial charge in [0.2, 0.25) is 5.01 Å². The molecule has 0 saturated carbocycles. The molecule has 0 aliphatic rings. The number of benzene rings is 2. The van der Waals surface area contributed by atoms with Crippen LogP contribution in [0.15, 0.2) is 42.5 Å². The second-order valence-corrected chi connectivity index (χ2v) is 7.65. The van der Waals surface area contributed by atoms with Crippen LogP contribution in [0.2, 0.25) is 5.02 Å². The van der Waals surface area contributed by atoms with Crippen LogP contribution in [0.5, 0.6) is 0 Å². The Bertz CT molecular complexity index is 945.